The molecule has 0 saturated heterocycles. The second kappa shape index (κ2) is 3.73. The van der Waals surface area contributed by atoms with Crippen LogP contribution in [0.15, 0.2) is 6.07 Å². The summed E-state index contributed by atoms with van der Waals surface area (Å²) < 4.78 is 2.17. The Bertz CT molecular complexity index is 316. The van der Waals surface area contributed by atoms with E-state index >= 15 is 0 Å². The highest BCUT2D eigenvalue weighted by Gasteiger charge is 2.17. The van der Waals surface area contributed by atoms with E-state index in [2.05, 4.69) is 41.6 Å². The average molecular weight is 193 g/mol. The molecule has 1 unspecified atom stereocenters. The van der Waals surface area contributed by atoms with Gasteiger partial charge in [-0.1, -0.05) is 13.8 Å². The molecule has 1 aromatic rings. The summed E-state index contributed by atoms with van der Waals surface area (Å²) in [6.45, 7) is 7.67. The molecule has 0 N–H and O–H groups in total. The van der Waals surface area contributed by atoms with Crippen LogP contribution < -0.4 is 0 Å². The van der Waals surface area contributed by atoms with Crippen LogP contribution in [0.3, 0.4) is 0 Å². The molecule has 3 heteroatoms. The first-order valence-corrected chi connectivity index (χ1v) is 5.46. The zero-order chi connectivity index (χ0) is 10.1. The first-order chi connectivity index (χ1) is 6.70. The predicted octanol–water partition coefficient (Wildman–Crippen LogP) is 1.84. The number of aromatic nitrogens is 2. The number of rotatable bonds is 2. The van der Waals surface area contributed by atoms with Crippen LogP contribution in [-0.2, 0) is 13.1 Å². The van der Waals surface area contributed by atoms with E-state index in [1.807, 2.05) is 0 Å². The van der Waals surface area contributed by atoms with E-state index in [1.165, 1.54) is 17.8 Å². The molecular weight excluding hydrogens is 174 g/mol. The molecule has 1 atom stereocenters. The van der Waals surface area contributed by atoms with Gasteiger partial charge in [0.05, 0.1) is 17.9 Å². The molecule has 0 bridgehead atoms. The molecule has 0 aromatic carbocycles. The third-order valence-corrected chi connectivity index (χ3v) is 3.12. The van der Waals surface area contributed by atoms with Crippen molar-refractivity contribution in [3.8, 4) is 0 Å². The van der Waals surface area contributed by atoms with Gasteiger partial charge in [0.25, 0.3) is 0 Å². The van der Waals surface area contributed by atoms with Gasteiger partial charge in [-0.05, 0) is 25.5 Å². The third kappa shape index (κ3) is 1.69. The van der Waals surface area contributed by atoms with Gasteiger partial charge in [-0.15, -0.1) is 0 Å². The third-order valence-electron chi connectivity index (χ3n) is 3.12. The summed E-state index contributed by atoms with van der Waals surface area (Å²) in [5.74, 6) is 0.596. The summed E-state index contributed by atoms with van der Waals surface area (Å²) >= 11 is 0. The Morgan fingerprint density at radius 2 is 2.29 bits per heavy atom. The summed E-state index contributed by atoms with van der Waals surface area (Å²) in [6, 6.07) is 2.27. The zero-order valence-corrected chi connectivity index (χ0v) is 9.32. The van der Waals surface area contributed by atoms with E-state index < -0.39 is 0 Å². The van der Waals surface area contributed by atoms with Crippen LogP contribution in [0, 0.1) is 0 Å². The van der Waals surface area contributed by atoms with Crippen molar-refractivity contribution in [2.45, 2.75) is 39.3 Å². The highest BCUT2D eigenvalue weighted by molar-refractivity contribution is 5.15. The smallest absolute Gasteiger partial charge is 0.0656 e. The Morgan fingerprint density at radius 3 is 3.00 bits per heavy atom. The molecule has 0 saturated carbocycles. The molecule has 0 aliphatic carbocycles. The van der Waals surface area contributed by atoms with Crippen molar-refractivity contribution in [3.63, 3.8) is 0 Å². The monoisotopic (exact) mass is 193 g/mol. The van der Waals surface area contributed by atoms with Gasteiger partial charge < -0.3 is 0 Å². The van der Waals surface area contributed by atoms with E-state index in [4.69, 9.17) is 0 Å². The lowest BCUT2D eigenvalue weighted by Gasteiger charge is -2.22. The van der Waals surface area contributed by atoms with Gasteiger partial charge >= 0.3 is 0 Å². The molecule has 0 fully saturated rings. The lowest BCUT2D eigenvalue weighted by atomic mass is 10.1. The molecule has 3 nitrogen and oxygen atoms in total. The van der Waals surface area contributed by atoms with Crippen molar-refractivity contribution >= 4 is 0 Å². The Balaban J connectivity index is 2.23. The number of hydrogen-bond donors (Lipinski definition) is 0. The van der Waals surface area contributed by atoms with E-state index in [9.17, 15) is 0 Å². The Morgan fingerprint density at radius 1 is 1.50 bits per heavy atom. The molecule has 1 aliphatic heterocycles. The van der Waals surface area contributed by atoms with Crippen molar-refractivity contribution in [3.05, 3.63) is 17.5 Å². The summed E-state index contributed by atoms with van der Waals surface area (Å²) in [7, 11) is 2.17. The molecule has 0 spiro atoms. The predicted molar refractivity (Wildman–Crippen MR) is 57.3 cm³/mol. The summed E-state index contributed by atoms with van der Waals surface area (Å²) in [4.78, 5) is 2.34. The topological polar surface area (TPSA) is 21.1 Å². The lowest BCUT2D eigenvalue weighted by molar-refractivity contribution is 0.258. The first-order valence-electron chi connectivity index (χ1n) is 5.46. The van der Waals surface area contributed by atoms with Crippen LogP contribution in [0.4, 0.5) is 0 Å². The molecule has 2 heterocycles. The lowest BCUT2D eigenvalue weighted by Crippen LogP contribution is -2.30. The number of fused-ring (bicyclic) bond motifs is 1. The summed E-state index contributed by atoms with van der Waals surface area (Å²) in [5.41, 5.74) is 2.63. The fourth-order valence-electron chi connectivity index (χ4n) is 1.87. The second-order valence-corrected chi connectivity index (χ2v) is 4.33. The Labute approximate surface area is 85.7 Å². The van der Waals surface area contributed by atoms with Crippen LogP contribution in [0.25, 0.3) is 0 Å². The van der Waals surface area contributed by atoms with Gasteiger partial charge in [0.2, 0.25) is 0 Å². The van der Waals surface area contributed by atoms with E-state index in [-0.39, 0.29) is 0 Å². The van der Waals surface area contributed by atoms with Crippen LogP contribution >= 0.6 is 0 Å². The fraction of sp³-hybridized carbons (Fsp3) is 0.727. The maximum Gasteiger partial charge on any atom is 0.0656 e. The molecule has 14 heavy (non-hydrogen) atoms. The standard InChI is InChI=1S/C11H19N3/c1-4-9(2)11-7-10-8-13(3)5-6-14(10)12-11/h7,9H,4-6,8H2,1-3H3. The van der Waals surface area contributed by atoms with Gasteiger partial charge in [0, 0.05) is 13.1 Å². The van der Waals surface area contributed by atoms with Crippen LogP contribution in [0.5, 0.6) is 0 Å². The number of hydrogen-bond acceptors (Lipinski definition) is 2. The van der Waals surface area contributed by atoms with Crippen molar-refractivity contribution in [2.75, 3.05) is 13.6 Å². The van der Waals surface area contributed by atoms with Gasteiger partial charge in [-0.25, -0.2) is 0 Å². The normalized spacial score (nSPS) is 19.4. The molecule has 2 rings (SSSR count). The van der Waals surface area contributed by atoms with E-state index in [0.717, 1.165) is 19.6 Å². The maximum absolute atomic E-state index is 4.65. The average Bonchev–Trinajstić information content (AvgIpc) is 2.59. The van der Waals surface area contributed by atoms with Crippen molar-refractivity contribution in [2.24, 2.45) is 0 Å². The number of likely N-dealkylation sites (N-methyl/N-ethyl adjacent to an activating group) is 1. The molecule has 1 aliphatic rings. The molecule has 0 amide bonds. The number of nitrogens with zero attached hydrogens (tertiary/aromatic N) is 3. The summed E-state index contributed by atoms with van der Waals surface area (Å²) in [6.07, 6.45) is 1.17. The fourth-order valence-corrected chi connectivity index (χ4v) is 1.87. The van der Waals surface area contributed by atoms with Crippen LogP contribution in [0.1, 0.15) is 37.6 Å². The van der Waals surface area contributed by atoms with Crippen molar-refractivity contribution in [1.82, 2.24) is 14.7 Å². The van der Waals surface area contributed by atoms with Gasteiger partial charge in [-0.3, -0.25) is 9.58 Å². The molecule has 78 valence electrons. The minimum atomic E-state index is 0.596. The Kier molecular flexibility index (Phi) is 2.59. The molecule has 0 radical (unpaired) electrons. The quantitative estimate of drug-likeness (QED) is 0.714. The minimum absolute atomic E-state index is 0.596. The highest BCUT2D eigenvalue weighted by Crippen LogP contribution is 2.20. The second-order valence-electron chi connectivity index (χ2n) is 4.33. The maximum atomic E-state index is 4.65. The van der Waals surface area contributed by atoms with Gasteiger partial charge in [0.1, 0.15) is 0 Å². The van der Waals surface area contributed by atoms with Crippen molar-refractivity contribution in [1.29, 1.82) is 0 Å². The summed E-state index contributed by atoms with van der Waals surface area (Å²) in [5, 5.41) is 4.65. The van der Waals surface area contributed by atoms with Crippen LogP contribution in [0.2, 0.25) is 0 Å². The van der Waals surface area contributed by atoms with E-state index in [1.54, 1.807) is 0 Å². The van der Waals surface area contributed by atoms with Gasteiger partial charge in [0.15, 0.2) is 0 Å². The zero-order valence-electron chi connectivity index (χ0n) is 9.32. The molecular formula is C11H19N3. The largest absolute Gasteiger partial charge is 0.299 e. The minimum Gasteiger partial charge on any atom is -0.299 e. The van der Waals surface area contributed by atoms with Gasteiger partial charge in [-0.2, -0.15) is 5.10 Å². The van der Waals surface area contributed by atoms with E-state index in [0.29, 0.717) is 5.92 Å². The van der Waals surface area contributed by atoms with Crippen LogP contribution in [-0.4, -0.2) is 28.3 Å². The van der Waals surface area contributed by atoms with Crippen molar-refractivity contribution < 1.29 is 0 Å². The molecule has 1 aromatic heterocycles. The first kappa shape index (κ1) is 9.71. The SMILES string of the molecule is CCC(C)c1cc2n(n1)CCN(C)C2. The Hall–Kier alpha value is -0.830. The highest BCUT2D eigenvalue weighted by atomic mass is 15.3.